The first-order chi connectivity index (χ1) is 12.9. The van der Waals surface area contributed by atoms with Crippen LogP contribution in [0.2, 0.25) is 0 Å². The molecule has 28 heavy (non-hydrogen) atoms. The lowest BCUT2D eigenvalue weighted by Gasteiger charge is -2.17. The smallest absolute Gasteiger partial charge is 0.230 e. The van der Waals surface area contributed by atoms with E-state index in [0.29, 0.717) is 4.90 Å². The van der Waals surface area contributed by atoms with E-state index in [-0.39, 0.29) is 33.8 Å². The molecule has 3 rings (SSSR count). The van der Waals surface area contributed by atoms with Crippen LogP contribution in [0.15, 0.2) is 21.8 Å². The summed E-state index contributed by atoms with van der Waals surface area (Å²) >= 11 is 0. The fourth-order valence-electron chi connectivity index (χ4n) is 2.87. The zero-order valence-corrected chi connectivity index (χ0v) is 16.5. The number of fused-ring (bicyclic) bond motifs is 1. The summed E-state index contributed by atoms with van der Waals surface area (Å²) in [5, 5.41) is 7.34. The highest BCUT2D eigenvalue weighted by Gasteiger charge is 2.37. The van der Waals surface area contributed by atoms with Crippen molar-refractivity contribution in [3.8, 4) is 0 Å². The average Bonchev–Trinajstić information content (AvgIpc) is 3.10. The van der Waals surface area contributed by atoms with Crippen LogP contribution in [0.5, 0.6) is 0 Å². The molecule has 0 atom stereocenters. The molecule has 1 aromatic heterocycles. The average molecular weight is 411 g/mol. The molecule has 0 N–H and O–H groups in total. The van der Waals surface area contributed by atoms with E-state index in [1.807, 2.05) is 0 Å². The van der Waals surface area contributed by atoms with Gasteiger partial charge in [-0.05, 0) is 19.9 Å². The van der Waals surface area contributed by atoms with E-state index < -0.39 is 38.8 Å². The summed E-state index contributed by atoms with van der Waals surface area (Å²) < 4.78 is 44.9. The molecule has 0 bridgehead atoms. The number of hydrogen-bond acceptors (Lipinski definition) is 8. The lowest BCUT2D eigenvalue weighted by Crippen LogP contribution is -2.33. The van der Waals surface area contributed by atoms with Gasteiger partial charge in [0.15, 0.2) is 10.6 Å². The third-order valence-electron chi connectivity index (χ3n) is 4.14. The van der Waals surface area contributed by atoms with Crippen molar-refractivity contribution in [3.05, 3.63) is 23.6 Å². The highest BCUT2D eigenvalue weighted by atomic mass is 32.2. The maximum atomic E-state index is 14.6. The Labute approximate surface area is 160 Å². The van der Waals surface area contributed by atoms with E-state index in [9.17, 15) is 22.4 Å². The molecule has 0 unspecified atom stereocenters. The molecule has 0 saturated heterocycles. The van der Waals surface area contributed by atoms with Gasteiger partial charge < -0.3 is 9.36 Å². The monoisotopic (exact) mass is 411 g/mol. The van der Waals surface area contributed by atoms with Crippen molar-refractivity contribution in [1.82, 2.24) is 5.16 Å². The molecule has 2 aromatic rings. The molecule has 9 nitrogen and oxygen atoms in total. The Balaban J connectivity index is 1.98. The molecule has 2 heterocycles. The first-order valence-corrected chi connectivity index (χ1v) is 9.93. The molecular weight excluding hydrogens is 393 g/mol. The highest BCUT2D eigenvalue weighted by Crippen LogP contribution is 2.31. The largest absolute Gasteiger partial charge is 0.389 e. The second-order valence-electron chi connectivity index (χ2n) is 7.07. The number of aromatic nitrogens is 1. The van der Waals surface area contributed by atoms with Gasteiger partial charge in [0.25, 0.3) is 0 Å². The highest BCUT2D eigenvalue weighted by molar-refractivity contribution is 8.05. The lowest BCUT2D eigenvalue weighted by atomic mass is 10.1. The van der Waals surface area contributed by atoms with Crippen LogP contribution in [0.3, 0.4) is 0 Å². The Kier molecular flexibility index (Phi) is 4.74. The van der Waals surface area contributed by atoms with Crippen LogP contribution >= 0.6 is 0 Å². The van der Waals surface area contributed by atoms with E-state index in [1.165, 1.54) is 0 Å². The zero-order valence-electron chi connectivity index (χ0n) is 15.6. The summed E-state index contributed by atoms with van der Waals surface area (Å²) in [6, 6.07) is 2.12. The standard InChI is InChI=1S/C17H18FN3O6S/c1-9(22)21(10(2)23)14-6-15-11(5-12(14)18)13(19-26-15)8-28(24,25)16-7-17(3,4)27-20-16/h5-6H,7-8H2,1-4H3. The van der Waals surface area contributed by atoms with Crippen molar-refractivity contribution in [1.29, 1.82) is 0 Å². The molecule has 11 heteroatoms. The summed E-state index contributed by atoms with van der Waals surface area (Å²) in [4.78, 5) is 29.0. The maximum Gasteiger partial charge on any atom is 0.230 e. The van der Waals surface area contributed by atoms with E-state index >= 15 is 0 Å². The first-order valence-electron chi connectivity index (χ1n) is 8.28. The minimum atomic E-state index is -3.85. The number of benzene rings is 1. The quantitative estimate of drug-likeness (QED) is 0.760. The molecule has 150 valence electrons. The van der Waals surface area contributed by atoms with Crippen LogP contribution in [-0.2, 0) is 30.0 Å². The number of amides is 2. The normalized spacial score (nSPS) is 16.0. The Morgan fingerprint density at radius 2 is 1.89 bits per heavy atom. The van der Waals surface area contributed by atoms with Crippen LogP contribution in [-0.4, -0.2) is 36.0 Å². The van der Waals surface area contributed by atoms with Crippen LogP contribution in [0.25, 0.3) is 11.0 Å². The Bertz CT molecular complexity index is 1110. The Morgan fingerprint density at radius 3 is 2.43 bits per heavy atom. The summed E-state index contributed by atoms with van der Waals surface area (Å²) in [6.45, 7) is 5.65. The number of halogens is 1. The topological polar surface area (TPSA) is 119 Å². The van der Waals surface area contributed by atoms with Gasteiger partial charge in [-0.3, -0.25) is 9.59 Å². The number of hydrogen-bond donors (Lipinski definition) is 0. The van der Waals surface area contributed by atoms with Gasteiger partial charge in [-0.1, -0.05) is 10.3 Å². The van der Waals surface area contributed by atoms with Crippen LogP contribution in [0.4, 0.5) is 10.1 Å². The summed E-state index contributed by atoms with van der Waals surface area (Å²) in [7, 11) is -3.85. The van der Waals surface area contributed by atoms with Crippen molar-refractivity contribution < 1.29 is 31.8 Å². The Hall–Kier alpha value is -2.82. The zero-order chi connectivity index (χ0) is 20.9. The van der Waals surface area contributed by atoms with E-state index in [0.717, 1.165) is 26.0 Å². The molecule has 1 aromatic carbocycles. The molecule has 0 saturated carbocycles. The van der Waals surface area contributed by atoms with Gasteiger partial charge in [0, 0.05) is 31.7 Å². The Morgan fingerprint density at radius 1 is 1.25 bits per heavy atom. The third kappa shape index (κ3) is 3.61. The molecule has 0 fully saturated rings. The van der Waals surface area contributed by atoms with Gasteiger partial charge in [0.05, 0.1) is 5.69 Å². The minimum absolute atomic E-state index is 0.00921. The molecule has 1 aliphatic rings. The number of oxime groups is 1. The molecule has 0 radical (unpaired) electrons. The lowest BCUT2D eigenvalue weighted by molar-refractivity contribution is -0.124. The first kappa shape index (κ1) is 19.9. The third-order valence-corrected chi connectivity index (χ3v) is 5.73. The summed E-state index contributed by atoms with van der Waals surface area (Å²) in [5.74, 6) is -2.78. The fraction of sp³-hybridized carbons (Fsp3) is 0.412. The minimum Gasteiger partial charge on any atom is -0.389 e. The van der Waals surface area contributed by atoms with Gasteiger partial charge in [0.2, 0.25) is 21.7 Å². The second-order valence-corrected chi connectivity index (χ2v) is 9.06. The second kappa shape index (κ2) is 6.66. The van der Waals surface area contributed by atoms with E-state index in [1.54, 1.807) is 13.8 Å². The van der Waals surface area contributed by atoms with Gasteiger partial charge in [0.1, 0.15) is 22.9 Å². The number of rotatable bonds is 3. The summed E-state index contributed by atoms with van der Waals surface area (Å²) in [6.07, 6.45) is 0.107. The predicted molar refractivity (Wildman–Crippen MR) is 97.6 cm³/mol. The SMILES string of the molecule is CC(=O)N(C(C)=O)c1cc2onc(CS(=O)(=O)C3=NOC(C)(C)C3)c2cc1F. The number of carbonyl (C=O) groups is 2. The van der Waals surface area contributed by atoms with E-state index in [4.69, 9.17) is 9.36 Å². The van der Waals surface area contributed by atoms with Crippen molar-refractivity contribution in [2.24, 2.45) is 5.16 Å². The maximum absolute atomic E-state index is 14.6. The number of imide groups is 1. The molecule has 0 spiro atoms. The van der Waals surface area contributed by atoms with Gasteiger partial charge >= 0.3 is 0 Å². The van der Waals surface area contributed by atoms with Crippen LogP contribution < -0.4 is 4.90 Å². The molecule has 1 aliphatic heterocycles. The van der Waals surface area contributed by atoms with Crippen LogP contribution in [0.1, 0.15) is 39.8 Å². The summed E-state index contributed by atoms with van der Waals surface area (Å²) in [5.41, 5.74) is -0.990. The van der Waals surface area contributed by atoms with Gasteiger partial charge in [-0.25, -0.2) is 17.7 Å². The van der Waals surface area contributed by atoms with Crippen LogP contribution in [0, 0.1) is 5.82 Å². The number of carbonyl (C=O) groups excluding carboxylic acids is 2. The fourth-order valence-corrected chi connectivity index (χ4v) is 4.32. The number of sulfone groups is 1. The molecular formula is C17H18FN3O6S. The van der Waals surface area contributed by atoms with Gasteiger partial charge in [-0.2, -0.15) is 0 Å². The molecule has 0 aliphatic carbocycles. The van der Waals surface area contributed by atoms with Crippen molar-refractivity contribution in [2.45, 2.75) is 45.5 Å². The van der Waals surface area contributed by atoms with Gasteiger partial charge in [-0.15, -0.1) is 0 Å². The number of anilines is 1. The van der Waals surface area contributed by atoms with Crippen molar-refractivity contribution in [3.63, 3.8) is 0 Å². The predicted octanol–water partition coefficient (Wildman–Crippen LogP) is 2.29. The molecule has 2 amide bonds. The van der Waals surface area contributed by atoms with E-state index in [2.05, 4.69) is 10.3 Å². The van der Waals surface area contributed by atoms with Crippen molar-refractivity contribution >= 4 is 43.4 Å². The number of nitrogens with zero attached hydrogens (tertiary/aromatic N) is 3. The van der Waals surface area contributed by atoms with Crippen molar-refractivity contribution in [2.75, 3.05) is 4.90 Å².